The highest BCUT2D eigenvalue weighted by Gasteiger charge is 2.17. The third kappa shape index (κ3) is 4.51. The molecule has 1 heterocycles. The second-order valence-electron chi connectivity index (χ2n) is 4.28. The number of ether oxygens (including phenoxy) is 1. The molecule has 1 aliphatic rings. The van der Waals surface area contributed by atoms with E-state index in [2.05, 4.69) is 16.8 Å². The van der Waals surface area contributed by atoms with Crippen molar-refractivity contribution in [2.45, 2.75) is 26.2 Å². The molecule has 0 radical (unpaired) electrons. The first-order valence-corrected chi connectivity index (χ1v) is 5.78. The van der Waals surface area contributed by atoms with Crippen LogP contribution in [-0.2, 0) is 4.74 Å². The van der Waals surface area contributed by atoms with Gasteiger partial charge < -0.3 is 15.4 Å². The van der Waals surface area contributed by atoms with Gasteiger partial charge in [0.1, 0.15) is 0 Å². The highest BCUT2D eigenvalue weighted by Crippen LogP contribution is 2.14. The second kappa shape index (κ2) is 6.67. The summed E-state index contributed by atoms with van der Waals surface area (Å²) in [5.74, 6) is 1.45. The van der Waals surface area contributed by atoms with Gasteiger partial charge in [-0.1, -0.05) is 6.92 Å². The molecule has 1 saturated heterocycles. The van der Waals surface area contributed by atoms with Crippen molar-refractivity contribution in [1.82, 2.24) is 4.90 Å². The highest BCUT2D eigenvalue weighted by molar-refractivity contribution is 5.78. The van der Waals surface area contributed by atoms with E-state index in [-0.39, 0.29) is 0 Å². The minimum atomic E-state index is 0.706. The number of nitrogens with two attached hydrogens (primary N) is 1. The Morgan fingerprint density at radius 1 is 1.60 bits per heavy atom. The number of hydrogen-bond acceptors (Lipinski definition) is 2. The number of rotatable bonds is 4. The smallest absolute Gasteiger partial charge is 0.191 e. The lowest BCUT2D eigenvalue weighted by Crippen LogP contribution is -2.43. The van der Waals surface area contributed by atoms with Crippen molar-refractivity contribution in [3.8, 4) is 0 Å². The van der Waals surface area contributed by atoms with Crippen LogP contribution in [0.25, 0.3) is 0 Å². The number of aliphatic imine (C=N–C) groups is 1. The molecular weight excluding hydrogens is 190 g/mol. The molecule has 0 aromatic carbocycles. The highest BCUT2D eigenvalue weighted by atomic mass is 16.5. The molecule has 0 bridgehead atoms. The van der Waals surface area contributed by atoms with Crippen LogP contribution in [0, 0.1) is 5.92 Å². The van der Waals surface area contributed by atoms with E-state index in [1.807, 2.05) is 0 Å². The van der Waals surface area contributed by atoms with E-state index in [1.54, 1.807) is 7.11 Å². The van der Waals surface area contributed by atoms with Crippen LogP contribution in [0.5, 0.6) is 0 Å². The van der Waals surface area contributed by atoms with Crippen LogP contribution in [0.2, 0.25) is 0 Å². The fourth-order valence-electron chi connectivity index (χ4n) is 1.90. The molecular formula is C11H23N3O. The quantitative estimate of drug-likeness (QED) is 0.432. The van der Waals surface area contributed by atoms with Crippen LogP contribution >= 0.6 is 0 Å². The maximum absolute atomic E-state index is 5.93. The van der Waals surface area contributed by atoms with Gasteiger partial charge in [-0.2, -0.15) is 0 Å². The van der Waals surface area contributed by atoms with Crippen molar-refractivity contribution in [1.29, 1.82) is 0 Å². The molecule has 4 nitrogen and oxygen atoms in total. The van der Waals surface area contributed by atoms with Gasteiger partial charge >= 0.3 is 0 Å². The topological polar surface area (TPSA) is 50.9 Å². The summed E-state index contributed by atoms with van der Waals surface area (Å²) in [5.41, 5.74) is 5.93. The Kier molecular flexibility index (Phi) is 5.47. The molecule has 0 unspecified atom stereocenters. The molecule has 0 spiro atoms. The van der Waals surface area contributed by atoms with Gasteiger partial charge in [-0.3, -0.25) is 4.99 Å². The minimum Gasteiger partial charge on any atom is -0.385 e. The fourth-order valence-corrected chi connectivity index (χ4v) is 1.90. The number of guanidine groups is 1. The lowest BCUT2D eigenvalue weighted by molar-refractivity contribution is 0.196. The summed E-state index contributed by atoms with van der Waals surface area (Å²) in [4.78, 5) is 6.56. The monoisotopic (exact) mass is 213 g/mol. The van der Waals surface area contributed by atoms with Crippen molar-refractivity contribution >= 4 is 5.96 Å². The van der Waals surface area contributed by atoms with Gasteiger partial charge in [0, 0.05) is 33.4 Å². The van der Waals surface area contributed by atoms with E-state index >= 15 is 0 Å². The van der Waals surface area contributed by atoms with E-state index < -0.39 is 0 Å². The number of likely N-dealkylation sites (tertiary alicyclic amines) is 1. The molecule has 0 aromatic rings. The van der Waals surface area contributed by atoms with E-state index in [4.69, 9.17) is 10.5 Å². The Bertz CT molecular complexity index is 206. The van der Waals surface area contributed by atoms with Crippen LogP contribution in [0.3, 0.4) is 0 Å². The van der Waals surface area contributed by atoms with Crippen LogP contribution in [0.4, 0.5) is 0 Å². The normalized spacial score (nSPS) is 23.2. The van der Waals surface area contributed by atoms with E-state index in [1.165, 1.54) is 12.8 Å². The van der Waals surface area contributed by atoms with Crippen molar-refractivity contribution in [3.63, 3.8) is 0 Å². The van der Waals surface area contributed by atoms with E-state index in [0.29, 0.717) is 5.96 Å². The lowest BCUT2D eigenvalue weighted by atomic mass is 10.0. The lowest BCUT2D eigenvalue weighted by Gasteiger charge is -2.31. The molecule has 0 saturated carbocycles. The molecule has 0 aromatic heterocycles. The molecule has 0 aliphatic carbocycles. The second-order valence-corrected chi connectivity index (χ2v) is 4.28. The summed E-state index contributed by atoms with van der Waals surface area (Å²) in [7, 11) is 1.71. The average Bonchev–Trinajstić information content (AvgIpc) is 2.24. The van der Waals surface area contributed by atoms with Gasteiger partial charge in [0.25, 0.3) is 0 Å². The molecule has 1 atom stereocenters. The van der Waals surface area contributed by atoms with Gasteiger partial charge in [0.15, 0.2) is 5.96 Å². The van der Waals surface area contributed by atoms with Gasteiger partial charge in [-0.25, -0.2) is 0 Å². The molecule has 0 amide bonds. The number of hydrogen-bond donors (Lipinski definition) is 1. The molecule has 1 aliphatic heterocycles. The Balaban J connectivity index is 2.27. The van der Waals surface area contributed by atoms with Crippen molar-refractivity contribution in [2.24, 2.45) is 16.6 Å². The Morgan fingerprint density at radius 3 is 3.07 bits per heavy atom. The van der Waals surface area contributed by atoms with Gasteiger partial charge in [0.2, 0.25) is 0 Å². The van der Waals surface area contributed by atoms with Crippen LogP contribution in [-0.4, -0.2) is 44.2 Å². The third-order valence-corrected chi connectivity index (χ3v) is 2.76. The van der Waals surface area contributed by atoms with E-state index in [0.717, 1.165) is 38.6 Å². The zero-order chi connectivity index (χ0) is 11.1. The molecule has 88 valence electrons. The summed E-state index contributed by atoms with van der Waals surface area (Å²) in [6, 6.07) is 0. The molecule has 1 rings (SSSR count). The Labute approximate surface area is 92.5 Å². The van der Waals surface area contributed by atoms with Crippen molar-refractivity contribution in [2.75, 3.05) is 33.4 Å². The first-order valence-electron chi connectivity index (χ1n) is 5.78. The standard InChI is InChI=1S/C11H23N3O/c1-10-5-3-7-14(9-10)11(12)13-6-4-8-15-2/h10H,3-9H2,1-2H3,(H2,12,13)/t10-/m1/s1. The largest absolute Gasteiger partial charge is 0.385 e. The third-order valence-electron chi connectivity index (χ3n) is 2.76. The molecule has 4 heteroatoms. The van der Waals surface area contributed by atoms with Crippen molar-refractivity contribution in [3.05, 3.63) is 0 Å². The molecule has 2 N–H and O–H groups in total. The number of nitrogens with zero attached hydrogens (tertiary/aromatic N) is 2. The minimum absolute atomic E-state index is 0.706. The fraction of sp³-hybridized carbons (Fsp3) is 0.909. The average molecular weight is 213 g/mol. The first-order chi connectivity index (χ1) is 7.24. The van der Waals surface area contributed by atoms with Gasteiger partial charge in [0.05, 0.1) is 0 Å². The van der Waals surface area contributed by atoms with Crippen molar-refractivity contribution < 1.29 is 4.74 Å². The zero-order valence-corrected chi connectivity index (χ0v) is 9.91. The summed E-state index contributed by atoms with van der Waals surface area (Å²) in [5, 5.41) is 0. The summed E-state index contributed by atoms with van der Waals surface area (Å²) >= 11 is 0. The van der Waals surface area contributed by atoms with Crippen LogP contribution in [0.1, 0.15) is 26.2 Å². The maximum atomic E-state index is 5.93. The molecule has 1 fully saturated rings. The molecule has 15 heavy (non-hydrogen) atoms. The van der Waals surface area contributed by atoms with Crippen LogP contribution < -0.4 is 5.73 Å². The summed E-state index contributed by atoms with van der Waals surface area (Å²) in [6.45, 7) is 5.91. The van der Waals surface area contributed by atoms with E-state index in [9.17, 15) is 0 Å². The predicted molar refractivity (Wildman–Crippen MR) is 63.0 cm³/mol. The Hall–Kier alpha value is -0.770. The number of methoxy groups -OCH3 is 1. The van der Waals surface area contributed by atoms with Gasteiger partial charge in [-0.05, 0) is 25.2 Å². The van der Waals surface area contributed by atoms with Crippen LogP contribution in [0.15, 0.2) is 4.99 Å². The first kappa shape index (κ1) is 12.3. The number of piperidine rings is 1. The summed E-state index contributed by atoms with van der Waals surface area (Å²) < 4.78 is 4.96. The SMILES string of the molecule is COCCCN=C(N)N1CCC[C@@H](C)C1. The Morgan fingerprint density at radius 2 is 2.40 bits per heavy atom. The summed E-state index contributed by atoms with van der Waals surface area (Å²) in [6.07, 6.45) is 3.49. The maximum Gasteiger partial charge on any atom is 0.191 e. The van der Waals surface area contributed by atoms with Gasteiger partial charge in [-0.15, -0.1) is 0 Å². The predicted octanol–water partition coefficient (Wildman–Crippen LogP) is 1.07. The zero-order valence-electron chi connectivity index (χ0n) is 9.91.